The van der Waals surface area contributed by atoms with Crippen molar-refractivity contribution in [2.24, 2.45) is 11.8 Å². The molecular weight excluding hydrogens is 424 g/mol. The Labute approximate surface area is 195 Å². The number of carbonyl (C=O) groups excluding carboxylic acids is 1. The summed E-state index contributed by atoms with van der Waals surface area (Å²) in [4.78, 5) is 13.1. The monoisotopic (exact) mass is 468 g/mol. The Balaban J connectivity index is 2.83. The second kappa shape index (κ2) is 13.0. The van der Waals surface area contributed by atoms with Crippen LogP contribution >= 0.6 is 0 Å². The van der Waals surface area contributed by atoms with Crippen LogP contribution in [0.5, 0.6) is 0 Å². The molecule has 0 aliphatic rings. The van der Waals surface area contributed by atoms with E-state index in [1.54, 1.807) is 14.2 Å². The summed E-state index contributed by atoms with van der Waals surface area (Å²) in [5.41, 5.74) is 1.03. The summed E-state index contributed by atoms with van der Waals surface area (Å²) in [5, 5.41) is 10.4. The Morgan fingerprint density at radius 3 is 2.12 bits per heavy atom. The second-order valence-corrected chi connectivity index (χ2v) is 14.9. The van der Waals surface area contributed by atoms with Crippen LogP contribution in [0.2, 0.25) is 18.1 Å². The average molecular weight is 469 g/mol. The number of ether oxygens (including phenoxy) is 3. The van der Waals surface area contributed by atoms with Crippen molar-refractivity contribution in [2.75, 3.05) is 20.8 Å². The molecule has 0 bridgehead atoms. The van der Waals surface area contributed by atoms with Gasteiger partial charge in [-0.3, -0.25) is 4.79 Å². The van der Waals surface area contributed by atoms with E-state index in [1.165, 1.54) is 0 Å². The highest BCUT2D eigenvalue weighted by molar-refractivity contribution is 6.74. The first kappa shape index (κ1) is 28.9. The number of rotatable bonds is 14. The van der Waals surface area contributed by atoms with Crippen molar-refractivity contribution < 1.29 is 28.5 Å². The predicted molar refractivity (Wildman–Crippen MR) is 130 cm³/mol. The SMILES string of the molecule is COC(OC)[C@H](C)[C@@H](O[Si](C)(C)C(C)(C)C)[C@@H](C)C(=O)C[C@H](O)COCc1ccccc1. The van der Waals surface area contributed by atoms with Gasteiger partial charge >= 0.3 is 0 Å². The fourth-order valence-corrected chi connectivity index (χ4v) is 4.86. The lowest BCUT2D eigenvalue weighted by molar-refractivity contribution is -0.163. The smallest absolute Gasteiger partial charge is 0.192 e. The molecule has 0 aromatic heterocycles. The number of methoxy groups -OCH3 is 2. The Hall–Kier alpha value is -1.09. The minimum Gasteiger partial charge on any atom is -0.413 e. The standard InChI is InChI=1S/C25H44O6Si/c1-18(22(27)15-21(26)17-30-16-20-13-11-10-12-14-20)23(19(2)24(28-6)29-7)31-32(8,9)25(3,4)5/h10-14,18-19,21,23-24,26H,15-17H2,1-9H3/t18-,19+,21-,23-/m0/s1. The third-order valence-corrected chi connectivity index (χ3v) is 11.0. The molecule has 0 radical (unpaired) electrons. The highest BCUT2D eigenvalue weighted by Gasteiger charge is 2.44. The molecule has 1 rings (SSSR count). The number of aliphatic hydroxyl groups is 1. The van der Waals surface area contributed by atoms with Crippen molar-refractivity contribution in [3.63, 3.8) is 0 Å². The van der Waals surface area contributed by atoms with Crippen molar-refractivity contribution >= 4 is 14.1 Å². The molecule has 4 atom stereocenters. The number of Topliss-reactive ketones (excluding diaryl/α,β-unsaturated/α-hetero) is 1. The van der Waals surface area contributed by atoms with Crippen LogP contribution in [0.3, 0.4) is 0 Å². The van der Waals surface area contributed by atoms with E-state index >= 15 is 0 Å². The Kier molecular flexibility index (Phi) is 11.7. The lowest BCUT2D eigenvalue weighted by Gasteiger charge is -2.43. The highest BCUT2D eigenvalue weighted by Crippen LogP contribution is 2.40. The van der Waals surface area contributed by atoms with E-state index in [-0.39, 0.29) is 35.9 Å². The summed E-state index contributed by atoms with van der Waals surface area (Å²) in [6, 6.07) is 9.76. The van der Waals surface area contributed by atoms with Gasteiger partial charge in [-0.25, -0.2) is 0 Å². The molecular formula is C25H44O6Si. The van der Waals surface area contributed by atoms with Crippen LogP contribution < -0.4 is 0 Å². The predicted octanol–water partition coefficient (Wildman–Crippen LogP) is 4.80. The quantitative estimate of drug-likeness (QED) is 0.312. The Bertz CT molecular complexity index is 669. The van der Waals surface area contributed by atoms with E-state index < -0.39 is 26.6 Å². The molecule has 6 nitrogen and oxygen atoms in total. The molecule has 0 aliphatic heterocycles. The van der Waals surface area contributed by atoms with Crippen LogP contribution in [-0.4, -0.2) is 58.5 Å². The third kappa shape index (κ3) is 8.69. The summed E-state index contributed by atoms with van der Waals surface area (Å²) in [6.45, 7) is 15.2. The lowest BCUT2D eigenvalue weighted by Crippen LogP contribution is -2.51. The summed E-state index contributed by atoms with van der Waals surface area (Å²) in [6.07, 6.45) is -1.71. The normalized spacial score (nSPS) is 16.6. The topological polar surface area (TPSA) is 74.2 Å². The van der Waals surface area contributed by atoms with Gasteiger partial charge in [-0.2, -0.15) is 0 Å². The molecule has 0 aliphatic carbocycles. The minimum atomic E-state index is -2.16. The first-order valence-electron chi connectivity index (χ1n) is 11.4. The van der Waals surface area contributed by atoms with E-state index in [1.807, 2.05) is 44.2 Å². The van der Waals surface area contributed by atoms with Crippen LogP contribution in [0.25, 0.3) is 0 Å². The van der Waals surface area contributed by atoms with Crippen molar-refractivity contribution in [3.05, 3.63) is 35.9 Å². The van der Waals surface area contributed by atoms with Gasteiger partial charge in [0, 0.05) is 32.5 Å². The molecule has 0 amide bonds. The first-order valence-corrected chi connectivity index (χ1v) is 14.3. The second-order valence-electron chi connectivity index (χ2n) is 10.2. The fourth-order valence-electron chi connectivity index (χ4n) is 3.41. The van der Waals surface area contributed by atoms with Gasteiger partial charge in [0.05, 0.1) is 25.4 Å². The van der Waals surface area contributed by atoms with Crippen LogP contribution in [0, 0.1) is 11.8 Å². The molecule has 0 spiro atoms. The van der Waals surface area contributed by atoms with Gasteiger partial charge in [0.25, 0.3) is 0 Å². The van der Waals surface area contributed by atoms with E-state index in [0.717, 1.165) is 5.56 Å². The molecule has 32 heavy (non-hydrogen) atoms. The zero-order valence-electron chi connectivity index (χ0n) is 21.4. The van der Waals surface area contributed by atoms with E-state index in [2.05, 4.69) is 33.9 Å². The summed E-state index contributed by atoms with van der Waals surface area (Å²) in [7, 11) is 1.02. The van der Waals surface area contributed by atoms with Gasteiger partial charge in [0.1, 0.15) is 5.78 Å². The summed E-state index contributed by atoms with van der Waals surface area (Å²) < 4.78 is 23.3. The maximum Gasteiger partial charge on any atom is 0.192 e. The van der Waals surface area contributed by atoms with Crippen molar-refractivity contribution in [2.45, 2.75) is 84.3 Å². The zero-order valence-corrected chi connectivity index (χ0v) is 22.4. The lowest BCUT2D eigenvalue weighted by atomic mass is 9.88. The Morgan fingerprint density at radius 2 is 1.62 bits per heavy atom. The Morgan fingerprint density at radius 1 is 1.06 bits per heavy atom. The van der Waals surface area contributed by atoms with Crippen molar-refractivity contribution in [1.82, 2.24) is 0 Å². The average Bonchev–Trinajstić information content (AvgIpc) is 2.72. The first-order chi connectivity index (χ1) is 14.8. The van der Waals surface area contributed by atoms with E-state index in [0.29, 0.717) is 6.61 Å². The largest absolute Gasteiger partial charge is 0.413 e. The number of hydrogen-bond donors (Lipinski definition) is 1. The van der Waals surface area contributed by atoms with E-state index in [4.69, 9.17) is 18.6 Å². The van der Waals surface area contributed by atoms with Crippen LogP contribution in [0.4, 0.5) is 0 Å². The molecule has 184 valence electrons. The van der Waals surface area contributed by atoms with Crippen LogP contribution in [0.15, 0.2) is 30.3 Å². The summed E-state index contributed by atoms with van der Waals surface area (Å²) in [5.74, 6) is -0.637. The zero-order chi connectivity index (χ0) is 24.5. The number of aliphatic hydroxyl groups excluding tert-OH is 1. The molecule has 1 aromatic rings. The highest BCUT2D eigenvalue weighted by atomic mass is 28.4. The molecule has 0 fully saturated rings. The van der Waals surface area contributed by atoms with Crippen molar-refractivity contribution in [3.8, 4) is 0 Å². The van der Waals surface area contributed by atoms with Gasteiger partial charge in [0.2, 0.25) is 0 Å². The van der Waals surface area contributed by atoms with Gasteiger partial charge in [-0.1, -0.05) is 65.0 Å². The van der Waals surface area contributed by atoms with Crippen LogP contribution in [0.1, 0.15) is 46.6 Å². The molecule has 0 unspecified atom stereocenters. The van der Waals surface area contributed by atoms with E-state index in [9.17, 15) is 9.90 Å². The maximum atomic E-state index is 13.1. The maximum absolute atomic E-state index is 13.1. The summed E-state index contributed by atoms with van der Waals surface area (Å²) >= 11 is 0. The molecule has 7 heteroatoms. The molecule has 0 saturated heterocycles. The van der Waals surface area contributed by atoms with Gasteiger partial charge in [-0.15, -0.1) is 0 Å². The molecule has 1 aromatic carbocycles. The number of carbonyl (C=O) groups is 1. The van der Waals surface area contributed by atoms with Crippen molar-refractivity contribution in [1.29, 1.82) is 0 Å². The van der Waals surface area contributed by atoms with Gasteiger partial charge < -0.3 is 23.7 Å². The molecule has 1 N–H and O–H groups in total. The van der Waals surface area contributed by atoms with Crippen LogP contribution in [-0.2, 0) is 30.0 Å². The minimum absolute atomic E-state index is 0.00578. The number of ketones is 1. The van der Waals surface area contributed by atoms with Gasteiger partial charge in [0.15, 0.2) is 14.6 Å². The number of hydrogen-bond acceptors (Lipinski definition) is 6. The number of benzene rings is 1. The third-order valence-electron chi connectivity index (χ3n) is 6.51. The molecule has 0 heterocycles. The van der Waals surface area contributed by atoms with Gasteiger partial charge in [-0.05, 0) is 23.7 Å². The molecule has 0 saturated carbocycles. The fraction of sp³-hybridized carbons (Fsp3) is 0.720.